The Kier molecular flexibility index (Phi) is 6.92. The molecule has 0 fully saturated rings. The molecule has 1 amide bonds. The zero-order valence-corrected chi connectivity index (χ0v) is 14.5. The van der Waals surface area contributed by atoms with Crippen molar-refractivity contribution in [1.82, 2.24) is 10.3 Å². The third-order valence-electron chi connectivity index (χ3n) is 3.51. The van der Waals surface area contributed by atoms with Crippen LogP contribution in [0.4, 0.5) is 0 Å². The number of aliphatic carboxylic acids is 1. The second-order valence-electron chi connectivity index (χ2n) is 5.24. The number of benzene rings is 1. The van der Waals surface area contributed by atoms with E-state index in [4.69, 9.17) is 14.2 Å². The number of carbonyl (C=O) groups excluding carboxylic acids is 1. The van der Waals surface area contributed by atoms with Crippen LogP contribution in [-0.4, -0.2) is 49.4 Å². The van der Waals surface area contributed by atoms with Gasteiger partial charge in [0.2, 0.25) is 5.88 Å². The van der Waals surface area contributed by atoms with Gasteiger partial charge in [0, 0.05) is 24.9 Å². The molecule has 8 heteroatoms. The summed E-state index contributed by atoms with van der Waals surface area (Å²) in [5.41, 5.74) is 0.671. The highest BCUT2D eigenvalue weighted by molar-refractivity contribution is 5.97. The van der Waals surface area contributed by atoms with E-state index in [1.807, 2.05) is 0 Å². The van der Waals surface area contributed by atoms with Gasteiger partial charge in [0.15, 0.2) is 6.04 Å². The first kappa shape index (κ1) is 19.2. The summed E-state index contributed by atoms with van der Waals surface area (Å²) < 4.78 is 15.3. The molecule has 1 unspecified atom stereocenters. The van der Waals surface area contributed by atoms with Crippen molar-refractivity contribution < 1.29 is 28.9 Å². The highest BCUT2D eigenvalue weighted by Crippen LogP contribution is 2.19. The van der Waals surface area contributed by atoms with E-state index in [-0.39, 0.29) is 18.1 Å². The van der Waals surface area contributed by atoms with Crippen LogP contribution in [-0.2, 0) is 9.53 Å². The average Bonchev–Trinajstić information content (AvgIpc) is 2.66. The van der Waals surface area contributed by atoms with Crippen molar-refractivity contribution in [1.29, 1.82) is 0 Å². The standard InChI is InChI=1S/C18H20N2O6/c1-24-9-10-26-15-11-13(7-8-19-15)17(21)20-16(18(22)23)12-3-5-14(25-2)6-4-12/h3-8,11,16H,9-10H2,1-2H3,(H,20,21)(H,22,23). The van der Waals surface area contributed by atoms with Gasteiger partial charge in [-0.25, -0.2) is 9.78 Å². The zero-order chi connectivity index (χ0) is 18.9. The molecule has 0 bridgehead atoms. The van der Waals surface area contributed by atoms with E-state index in [9.17, 15) is 14.7 Å². The average molecular weight is 360 g/mol. The minimum absolute atomic E-state index is 0.243. The molecule has 0 aliphatic heterocycles. The molecule has 0 aliphatic carbocycles. The Morgan fingerprint density at radius 2 is 1.88 bits per heavy atom. The number of carboxylic acid groups (broad SMARTS) is 1. The third-order valence-corrected chi connectivity index (χ3v) is 3.51. The number of pyridine rings is 1. The number of rotatable bonds is 9. The largest absolute Gasteiger partial charge is 0.497 e. The maximum atomic E-state index is 12.4. The number of aromatic nitrogens is 1. The molecule has 0 spiro atoms. The second-order valence-corrected chi connectivity index (χ2v) is 5.24. The first-order valence-electron chi connectivity index (χ1n) is 7.80. The van der Waals surface area contributed by atoms with Gasteiger partial charge in [0.25, 0.3) is 5.91 Å². The van der Waals surface area contributed by atoms with E-state index in [2.05, 4.69) is 10.3 Å². The van der Waals surface area contributed by atoms with Crippen LogP contribution in [0.1, 0.15) is 22.0 Å². The van der Waals surface area contributed by atoms with Gasteiger partial charge in [-0.1, -0.05) is 12.1 Å². The summed E-state index contributed by atoms with van der Waals surface area (Å²) in [4.78, 5) is 28.0. The van der Waals surface area contributed by atoms with Crippen LogP contribution in [0.15, 0.2) is 42.6 Å². The number of methoxy groups -OCH3 is 2. The molecule has 8 nitrogen and oxygen atoms in total. The fourth-order valence-corrected chi connectivity index (χ4v) is 2.16. The lowest BCUT2D eigenvalue weighted by atomic mass is 10.1. The van der Waals surface area contributed by atoms with Gasteiger partial charge in [-0.3, -0.25) is 4.79 Å². The summed E-state index contributed by atoms with van der Waals surface area (Å²) in [5.74, 6) is -0.872. The molecule has 1 aromatic carbocycles. The smallest absolute Gasteiger partial charge is 0.330 e. The van der Waals surface area contributed by atoms with Gasteiger partial charge in [-0.05, 0) is 23.8 Å². The second kappa shape index (κ2) is 9.38. The summed E-state index contributed by atoms with van der Waals surface area (Å²) in [6.07, 6.45) is 1.42. The fourth-order valence-electron chi connectivity index (χ4n) is 2.16. The molecule has 26 heavy (non-hydrogen) atoms. The van der Waals surface area contributed by atoms with E-state index in [1.165, 1.54) is 25.4 Å². The van der Waals surface area contributed by atoms with Crippen LogP contribution >= 0.6 is 0 Å². The van der Waals surface area contributed by atoms with Crippen LogP contribution in [0, 0.1) is 0 Å². The maximum absolute atomic E-state index is 12.4. The van der Waals surface area contributed by atoms with Crippen molar-refractivity contribution in [2.75, 3.05) is 27.4 Å². The minimum atomic E-state index is -1.19. The molecule has 0 radical (unpaired) electrons. The van der Waals surface area contributed by atoms with E-state index >= 15 is 0 Å². The molecule has 2 aromatic rings. The lowest BCUT2D eigenvalue weighted by molar-refractivity contribution is -0.139. The quantitative estimate of drug-likeness (QED) is 0.655. The summed E-state index contributed by atoms with van der Waals surface area (Å²) in [7, 11) is 3.06. The number of amides is 1. The highest BCUT2D eigenvalue weighted by Gasteiger charge is 2.23. The van der Waals surface area contributed by atoms with Crippen LogP contribution in [0.2, 0.25) is 0 Å². The van der Waals surface area contributed by atoms with Crippen LogP contribution in [0.25, 0.3) is 0 Å². The SMILES string of the molecule is COCCOc1cc(C(=O)NC(C(=O)O)c2ccc(OC)cc2)ccn1. The Bertz CT molecular complexity index is 748. The molecule has 0 saturated heterocycles. The van der Waals surface area contributed by atoms with E-state index in [0.717, 1.165) is 0 Å². The van der Waals surface area contributed by atoms with E-state index < -0.39 is 17.9 Å². The first-order chi connectivity index (χ1) is 12.5. The van der Waals surface area contributed by atoms with Gasteiger partial charge in [-0.15, -0.1) is 0 Å². The van der Waals surface area contributed by atoms with Crippen molar-refractivity contribution in [3.63, 3.8) is 0 Å². The Labute approximate surface area is 150 Å². The number of carboxylic acids is 1. The van der Waals surface area contributed by atoms with Crippen molar-refractivity contribution >= 4 is 11.9 Å². The van der Waals surface area contributed by atoms with E-state index in [1.54, 1.807) is 31.4 Å². The number of carbonyl (C=O) groups is 2. The van der Waals surface area contributed by atoms with Crippen LogP contribution < -0.4 is 14.8 Å². The Balaban J connectivity index is 2.11. The van der Waals surface area contributed by atoms with Crippen LogP contribution in [0.5, 0.6) is 11.6 Å². The minimum Gasteiger partial charge on any atom is -0.497 e. The molecule has 1 atom stereocenters. The van der Waals surface area contributed by atoms with Gasteiger partial charge in [-0.2, -0.15) is 0 Å². The Morgan fingerprint density at radius 1 is 1.15 bits per heavy atom. The van der Waals surface area contributed by atoms with Crippen molar-refractivity contribution in [3.05, 3.63) is 53.7 Å². The molecule has 0 saturated carbocycles. The van der Waals surface area contributed by atoms with Crippen molar-refractivity contribution in [2.24, 2.45) is 0 Å². The number of nitrogens with zero attached hydrogens (tertiary/aromatic N) is 1. The van der Waals surface area contributed by atoms with E-state index in [0.29, 0.717) is 17.9 Å². The van der Waals surface area contributed by atoms with Crippen LogP contribution in [0.3, 0.4) is 0 Å². The summed E-state index contributed by atoms with van der Waals surface area (Å²) >= 11 is 0. The molecule has 1 heterocycles. The summed E-state index contributed by atoms with van der Waals surface area (Å²) in [6, 6.07) is 8.16. The lowest BCUT2D eigenvalue weighted by Crippen LogP contribution is -2.33. The molecule has 2 N–H and O–H groups in total. The predicted octanol–water partition coefficient (Wildman–Crippen LogP) is 1.67. The first-order valence-corrected chi connectivity index (χ1v) is 7.80. The fraction of sp³-hybridized carbons (Fsp3) is 0.278. The van der Waals surface area contributed by atoms with Gasteiger partial charge >= 0.3 is 5.97 Å². The van der Waals surface area contributed by atoms with Gasteiger partial charge in [0.05, 0.1) is 13.7 Å². The number of ether oxygens (including phenoxy) is 3. The third kappa shape index (κ3) is 5.18. The normalized spacial score (nSPS) is 11.5. The van der Waals surface area contributed by atoms with Gasteiger partial charge < -0.3 is 24.6 Å². The molecular formula is C18H20N2O6. The predicted molar refractivity (Wildman–Crippen MR) is 92.4 cm³/mol. The zero-order valence-electron chi connectivity index (χ0n) is 14.5. The molecule has 1 aromatic heterocycles. The monoisotopic (exact) mass is 360 g/mol. The summed E-state index contributed by atoms with van der Waals surface area (Å²) in [6.45, 7) is 0.675. The van der Waals surface area contributed by atoms with Crippen molar-refractivity contribution in [3.8, 4) is 11.6 Å². The highest BCUT2D eigenvalue weighted by atomic mass is 16.5. The number of hydrogen-bond acceptors (Lipinski definition) is 6. The molecule has 138 valence electrons. The Morgan fingerprint density at radius 3 is 2.50 bits per heavy atom. The molecule has 2 rings (SSSR count). The molecular weight excluding hydrogens is 340 g/mol. The topological polar surface area (TPSA) is 107 Å². The number of nitrogens with one attached hydrogen (secondary N) is 1. The maximum Gasteiger partial charge on any atom is 0.330 e. The molecule has 0 aliphatic rings. The lowest BCUT2D eigenvalue weighted by Gasteiger charge is -2.15. The Hall–Kier alpha value is -3.13. The van der Waals surface area contributed by atoms with Gasteiger partial charge in [0.1, 0.15) is 12.4 Å². The number of hydrogen-bond donors (Lipinski definition) is 2. The van der Waals surface area contributed by atoms with Crippen molar-refractivity contribution in [2.45, 2.75) is 6.04 Å². The summed E-state index contributed by atoms with van der Waals surface area (Å²) in [5, 5.41) is 11.9.